The van der Waals surface area contributed by atoms with Gasteiger partial charge in [0.15, 0.2) is 11.5 Å². The Hall–Kier alpha value is -4.07. The molecule has 0 unspecified atom stereocenters. The summed E-state index contributed by atoms with van der Waals surface area (Å²) >= 11 is 0. The number of nitrogens with zero attached hydrogens (tertiary/aromatic N) is 2. The zero-order chi connectivity index (χ0) is 23.4. The van der Waals surface area contributed by atoms with Crippen LogP contribution >= 0.6 is 0 Å². The van der Waals surface area contributed by atoms with Gasteiger partial charge in [-0.15, -0.1) is 0 Å². The molecule has 4 rings (SSSR count). The van der Waals surface area contributed by atoms with Gasteiger partial charge in [0.2, 0.25) is 5.89 Å². The first-order valence-corrected chi connectivity index (χ1v) is 10.5. The molecule has 1 N–H and O–H groups in total. The molecule has 33 heavy (non-hydrogen) atoms. The fourth-order valence-corrected chi connectivity index (χ4v) is 3.59. The van der Waals surface area contributed by atoms with E-state index in [0.717, 1.165) is 5.56 Å². The monoisotopic (exact) mass is 448 g/mol. The number of aromatic nitrogens is 1. The Morgan fingerprint density at radius 3 is 2.55 bits per heavy atom. The molecule has 2 heterocycles. The molecule has 1 aliphatic heterocycles. The Morgan fingerprint density at radius 1 is 1.12 bits per heavy atom. The number of carbonyl (C=O) groups is 1. The van der Waals surface area contributed by atoms with Gasteiger partial charge in [0.1, 0.15) is 5.69 Å². The van der Waals surface area contributed by atoms with Crippen molar-refractivity contribution in [2.24, 2.45) is 4.99 Å². The zero-order valence-corrected chi connectivity index (χ0v) is 18.6. The van der Waals surface area contributed by atoms with Gasteiger partial charge >= 0.3 is 11.9 Å². The molecular weight excluding hydrogens is 424 g/mol. The van der Waals surface area contributed by atoms with Crippen molar-refractivity contribution >= 4 is 23.4 Å². The lowest BCUT2D eigenvalue weighted by Crippen LogP contribution is -2.18. The summed E-state index contributed by atoms with van der Waals surface area (Å²) in [6, 6.07) is 12.8. The first-order valence-electron chi connectivity index (χ1n) is 10.5. The molecule has 0 radical (unpaired) electrons. The van der Waals surface area contributed by atoms with Crippen molar-refractivity contribution in [3.8, 4) is 28.9 Å². The smallest absolute Gasteiger partial charge is 0.340 e. The van der Waals surface area contributed by atoms with Gasteiger partial charge in [0, 0.05) is 11.6 Å². The summed E-state index contributed by atoms with van der Waals surface area (Å²) in [7, 11) is 3.14. The minimum atomic E-state index is -0.552. The van der Waals surface area contributed by atoms with Crippen LogP contribution in [0, 0.1) is 0 Å². The number of aliphatic imine (C=N–C) groups is 1. The van der Waals surface area contributed by atoms with Crippen LogP contribution in [0.4, 0.5) is 5.69 Å². The third-order valence-corrected chi connectivity index (χ3v) is 5.21. The maximum absolute atomic E-state index is 12.8. The molecule has 0 aliphatic carbocycles. The minimum Gasteiger partial charge on any atom is -0.493 e. The highest BCUT2D eigenvalue weighted by Crippen LogP contribution is 2.38. The van der Waals surface area contributed by atoms with Crippen LogP contribution in [-0.4, -0.2) is 42.6 Å². The summed E-state index contributed by atoms with van der Waals surface area (Å²) in [5.41, 5.74) is 3.22. The number of ether oxygens (including phenoxy) is 3. The highest BCUT2D eigenvalue weighted by Gasteiger charge is 2.25. The van der Waals surface area contributed by atoms with Crippen LogP contribution in [0.1, 0.15) is 24.6 Å². The van der Waals surface area contributed by atoms with Crippen LogP contribution in [0.5, 0.6) is 17.4 Å². The van der Waals surface area contributed by atoms with Gasteiger partial charge < -0.3 is 23.7 Å². The quantitative estimate of drug-likeness (QED) is 0.412. The predicted molar refractivity (Wildman–Crippen MR) is 123 cm³/mol. The summed E-state index contributed by atoms with van der Waals surface area (Å²) in [5, 5.41) is 10.3. The van der Waals surface area contributed by atoms with Crippen molar-refractivity contribution in [3.05, 3.63) is 59.3 Å². The topological polar surface area (TPSA) is 103 Å². The molecule has 0 bridgehead atoms. The second-order valence-corrected chi connectivity index (χ2v) is 7.25. The molecule has 3 aromatic rings. The molecule has 170 valence electrons. The minimum absolute atomic E-state index is 0.123. The Bertz CT molecular complexity index is 1230. The van der Waals surface area contributed by atoms with Crippen LogP contribution in [-0.2, 0) is 16.0 Å². The maximum atomic E-state index is 12.8. The van der Waals surface area contributed by atoms with Gasteiger partial charge in [-0.3, -0.25) is 4.99 Å². The van der Waals surface area contributed by atoms with E-state index in [-0.39, 0.29) is 29.7 Å². The number of aromatic hydroxyl groups is 1. The van der Waals surface area contributed by atoms with E-state index in [2.05, 4.69) is 4.98 Å². The van der Waals surface area contributed by atoms with E-state index in [9.17, 15) is 9.90 Å². The second-order valence-electron chi connectivity index (χ2n) is 7.25. The van der Waals surface area contributed by atoms with Crippen LogP contribution < -0.4 is 9.47 Å². The Kier molecular flexibility index (Phi) is 6.44. The molecular formula is C25H24N2O6. The van der Waals surface area contributed by atoms with Gasteiger partial charge in [0.05, 0.1) is 37.8 Å². The van der Waals surface area contributed by atoms with Gasteiger partial charge in [0.25, 0.3) is 0 Å². The number of aryl methyl sites for hydroxylation is 1. The Morgan fingerprint density at radius 2 is 1.85 bits per heavy atom. The fraction of sp³-hybridized carbons (Fsp3) is 0.240. The van der Waals surface area contributed by atoms with E-state index >= 15 is 0 Å². The highest BCUT2D eigenvalue weighted by molar-refractivity contribution is 6.24. The molecule has 8 nitrogen and oxygen atoms in total. The van der Waals surface area contributed by atoms with E-state index in [1.54, 1.807) is 27.2 Å². The number of rotatable bonds is 7. The number of oxazole rings is 1. The fourth-order valence-electron chi connectivity index (χ4n) is 3.59. The summed E-state index contributed by atoms with van der Waals surface area (Å²) in [6.45, 7) is 1.93. The maximum Gasteiger partial charge on any atom is 0.340 e. The SMILES string of the molecule is CCOC(=O)/C(=C\c1nc(-c2ccccc2)oc1O)C1=Nc2cc(OC)c(OC)cc2CC1. The van der Waals surface area contributed by atoms with Crippen molar-refractivity contribution in [1.82, 2.24) is 4.98 Å². The number of esters is 1. The van der Waals surface area contributed by atoms with Gasteiger partial charge in [-0.1, -0.05) is 18.2 Å². The number of fused-ring (bicyclic) bond motifs is 1. The summed E-state index contributed by atoms with van der Waals surface area (Å²) in [4.78, 5) is 21.9. The van der Waals surface area contributed by atoms with Gasteiger partial charge in [-0.2, -0.15) is 0 Å². The molecule has 0 atom stereocenters. The van der Waals surface area contributed by atoms with E-state index in [1.807, 2.05) is 36.4 Å². The summed E-state index contributed by atoms with van der Waals surface area (Å²) < 4.78 is 21.4. The zero-order valence-electron chi connectivity index (χ0n) is 18.6. The first-order chi connectivity index (χ1) is 16.0. The molecule has 0 saturated heterocycles. The molecule has 2 aromatic carbocycles. The lowest BCUT2D eigenvalue weighted by molar-refractivity contribution is -0.137. The summed E-state index contributed by atoms with van der Waals surface area (Å²) in [5.74, 6) is 0.472. The lowest BCUT2D eigenvalue weighted by Gasteiger charge is -2.19. The lowest BCUT2D eigenvalue weighted by atomic mass is 9.96. The van der Waals surface area contributed by atoms with E-state index in [1.165, 1.54) is 6.08 Å². The standard InChI is InChI=1S/C25H24N2O6/c1-4-32-24(28)17(13-20-25(29)33-23(27-20)15-8-6-5-7-9-15)18-11-10-16-12-21(30-2)22(31-3)14-19(16)26-18/h5-9,12-14,29H,4,10-11H2,1-3H3/b17-13-. The van der Waals surface area contributed by atoms with Crippen molar-refractivity contribution in [2.75, 3.05) is 20.8 Å². The predicted octanol–water partition coefficient (Wildman–Crippen LogP) is 4.73. The molecule has 8 heteroatoms. The number of carbonyl (C=O) groups excluding carboxylic acids is 1. The third kappa shape index (κ3) is 4.59. The Balaban J connectivity index is 1.77. The molecule has 0 saturated carbocycles. The Labute approximate surface area is 191 Å². The van der Waals surface area contributed by atoms with Crippen LogP contribution in [0.3, 0.4) is 0 Å². The first kappa shape index (κ1) is 22.1. The van der Waals surface area contributed by atoms with Crippen molar-refractivity contribution in [3.63, 3.8) is 0 Å². The molecule has 0 amide bonds. The molecule has 0 fully saturated rings. The average molecular weight is 448 g/mol. The average Bonchev–Trinajstić information content (AvgIpc) is 3.22. The normalized spacial score (nSPS) is 13.2. The van der Waals surface area contributed by atoms with Gasteiger partial charge in [-0.25, -0.2) is 9.78 Å². The van der Waals surface area contributed by atoms with E-state index < -0.39 is 5.97 Å². The van der Waals surface area contributed by atoms with Crippen molar-refractivity contribution in [1.29, 1.82) is 0 Å². The highest BCUT2D eigenvalue weighted by atomic mass is 16.5. The van der Waals surface area contributed by atoms with E-state index in [4.69, 9.17) is 23.6 Å². The molecule has 0 spiro atoms. The number of hydrogen-bond donors (Lipinski definition) is 1. The van der Waals surface area contributed by atoms with Crippen LogP contribution in [0.25, 0.3) is 17.5 Å². The van der Waals surface area contributed by atoms with Crippen molar-refractivity contribution < 1.29 is 28.5 Å². The number of hydrogen-bond acceptors (Lipinski definition) is 8. The molecule has 1 aromatic heterocycles. The molecule has 1 aliphatic rings. The summed E-state index contributed by atoms with van der Waals surface area (Å²) in [6.07, 6.45) is 2.59. The van der Waals surface area contributed by atoms with Gasteiger partial charge in [-0.05, 0) is 49.6 Å². The second kappa shape index (κ2) is 9.60. The number of benzene rings is 2. The third-order valence-electron chi connectivity index (χ3n) is 5.21. The van der Waals surface area contributed by atoms with Crippen molar-refractivity contribution in [2.45, 2.75) is 19.8 Å². The van der Waals surface area contributed by atoms with Crippen LogP contribution in [0.2, 0.25) is 0 Å². The largest absolute Gasteiger partial charge is 0.493 e. The number of methoxy groups -OCH3 is 2. The van der Waals surface area contributed by atoms with Crippen LogP contribution in [0.15, 0.2) is 57.4 Å². The van der Waals surface area contributed by atoms with E-state index in [0.29, 0.717) is 41.3 Å².